The van der Waals surface area contributed by atoms with E-state index in [0.29, 0.717) is 0 Å². The van der Waals surface area contributed by atoms with E-state index < -0.39 is 17.0 Å². The van der Waals surface area contributed by atoms with E-state index in [1.807, 2.05) is 0 Å². The van der Waals surface area contributed by atoms with E-state index in [9.17, 15) is 0 Å². The normalized spacial score (nSPS) is 9.00. The van der Waals surface area contributed by atoms with Crippen molar-refractivity contribution >= 4 is 51.1 Å². The number of benzene rings is 2. The van der Waals surface area contributed by atoms with Crippen molar-refractivity contribution in [2.24, 2.45) is 0 Å². The smallest absolute Gasteiger partial charge is 0 e. The molecule has 0 saturated heterocycles. The van der Waals surface area contributed by atoms with Gasteiger partial charge < -0.3 is 0 Å². The quantitative estimate of drug-likeness (QED) is 0.256. The third kappa shape index (κ3) is 5.75. The second-order valence-electron chi connectivity index (χ2n) is 4.38. The molecule has 4 aromatic carbocycles. The minimum Gasteiger partial charge on any atom is -0.168 e. The summed E-state index contributed by atoms with van der Waals surface area (Å²) >= 11 is -0.556. The largest absolute Gasteiger partial charge is 0.168 e. The molecule has 0 aliphatic heterocycles. The van der Waals surface area contributed by atoms with E-state index in [1.54, 1.807) is 0 Å². The van der Waals surface area contributed by atoms with E-state index >= 15 is 0 Å². The van der Waals surface area contributed by atoms with Crippen molar-refractivity contribution in [2.75, 3.05) is 0 Å². The van der Waals surface area contributed by atoms with Crippen LogP contribution >= 0.6 is 18.6 Å². The molecule has 0 N–H and O–H groups in total. The molecule has 0 aliphatic rings. The minimum absolute atomic E-state index is 0. The zero-order valence-electron chi connectivity index (χ0n) is 11.8. The van der Waals surface area contributed by atoms with Crippen LogP contribution in [0.4, 0.5) is 0 Å². The topological polar surface area (TPSA) is 0 Å². The summed E-state index contributed by atoms with van der Waals surface area (Å²) in [5.41, 5.74) is 0. The second kappa shape index (κ2) is 10.8. The number of halogens is 2. The van der Waals surface area contributed by atoms with Crippen LogP contribution in [0.25, 0.3) is 21.5 Å². The fourth-order valence-corrected chi connectivity index (χ4v) is 2.14. The molecule has 110 valence electrons. The van der Waals surface area contributed by atoms with E-state index in [1.165, 1.54) is 21.5 Å². The van der Waals surface area contributed by atoms with Crippen molar-refractivity contribution in [3.63, 3.8) is 0 Å². The standard InChI is InChI=1S/2C9H7.2ClH.Si.Ti/c2*1-2-5-9-7-3-6-8(9)4-1;;;;/h2*1-7H;2*1H;;/q2*-1;;;;+2/p-2. The molecule has 0 unspecified atom stereocenters. The van der Waals surface area contributed by atoms with Gasteiger partial charge in [0.05, 0.1) is 0 Å². The predicted octanol–water partition coefficient (Wildman–Crippen LogP) is 6.11. The van der Waals surface area contributed by atoms with Gasteiger partial charge in [-0.2, -0.15) is 35.0 Å². The first-order chi connectivity index (χ1) is 10.3. The van der Waals surface area contributed by atoms with Crippen molar-refractivity contribution in [3.8, 4) is 0 Å². The molecule has 0 spiro atoms. The zero-order valence-corrected chi connectivity index (χ0v) is 15.9. The van der Waals surface area contributed by atoms with Crippen LogP contribution in [0.5, 0.6) is 0 Å². The summed E-state index contributed by atoms with van der Waals surface area (Å²) in [7, 11) is 9.78. The maximum Gasteiger partial charge on any atom is 0 e. The molecule has 0 atom stereocenters. The van der Waals surface area contributed by atoms with Crippen LogP contribution in [-0.2, 0) is 17.0 Å². The summed E-state index contributed by atoms with van der Waals surface area (Å²) in [4.78, 5) is 0. The van der Waals surface area contributed by atoms with Crippen molar-refractivity contribution in [2.45, 2.75) is 0 Å². The summed E-state index contributed by atoms with van der Waals surface area (Å²) < 4.78 is 0. The van der Waals surface area contributed by atoms with Crippen LogP contribution in [0.1, 0.15) is 0 Å². The van der Waals surface area contributed by atoms with Gasteiger partial charge in [0.2, 0.25) is 0 Å². The first-order valence-electron chi connectivity index (χ1n) is 6.52. The Balaban J connectivity index is 0.000000181. The number of rotatable bonds is 0. The summed E-state index contributed by atoms with van der Waals surface area (Å²) in [6.45, 7) is 0. The van der Waals surface area contributed by atoms with Crippen LogP contribution < -0.4 is 0 Å². The van der Waals surface area contributed by atoms with E-state index in [0.717, 1.165) is 0 Å². The Hall–Kier alpha value is -0.829. The van der Waals surface area contributed by atoms with Gasteiger partial charge in [0.25, 0.3) is 0 Å². The maximum absolute atomic E-state index is 4.89. The van der Waals surface area contributed by atoms with Crippen LogP contribution in [-0.4, -0.2) is 11.0 Å². The molecule has 0 aromatic heterocycles. The fourth-order valence-electron chi connectivity index (χ4n) is 2.14. The third-order valence-electron chi connectivity index (χ3n) is 3.10. The Morgan fingerprint density at radius 1 is 0.636 bits per heavy atom. The van der Waals surface area contributed by atoms with Crippen LogP contribution in [0.2, 0.25) is 0 Å². The minimum atomic E-state index is -0.556. The van der Waals surface area contributed by atoms with Gasteiger partial charge in [0.1, 0.15) is 0 Å². The van der Waals surface area contributed by atoms with E-state index in [-0.39, 0.29) is 11.0 Å². The SMILES string of the molecule is [Cl][Ti][Cl].[Si].c1ccc2[cH-]ccc2c1.c1ccc2[cH-]ccc2c1. The van der Waals surface area contributed by atoms with Gasteiger partial charge in [-0.25, -0.2) is 0 Å². The van der Waals surface area contributed by atoms with Crippen LogP contribution in [0.3, 0.4) is 0 Å². The first-order valence-corrected chi connectivity index (χ1v) is 10.8. The van der Waals surface area contributed by atoms with Gasteiger partial charge in [-0.3, -0.25) is 0 Å². The summed E-state index contributed by atoms with van der Waals surface area (Å²) in [5.74, 6) is 0. The molecule has 4 aromatic rings. The van der Waals surface area contributed by atoms with Gasteiger partial charge in [0, 0.05) is 11.0 Å². The monoisotopic (exact) mass is 376 g/mol. The third-order valence-corrected chi connectivity index (χ3v) is 3.10. The average molecular weight is 377 g/mol. The Bertz CT molecular complexity index is 650. The molecule has 0 amide bonds. The number of hydrogen-bond donors (Lipinski definition) is 0. The van der Waals surface area contributed by atoms with Gasteiger partial charge in [-0.05, 0) is 0 Å². The summed E-state index contributed by atoms with van der Waals surface area (Å²) in [6, 6.07) is 29.3. The Morgan fingerprint density at radius 3 is 1.36 bits per heavy atom. The molecule has 0 bridgehead atoms. The summed E-state index contributed by atoms with van der Waals surface area (Å²) in [5, 5.41) is 5.32. The second-order valence-corrected chi connectivity index (χ2v) is 6.96. The Kier molecular flexibility index (Phi) is 9.46. The number of fused-ring (bicyclic) bond motifs is 2. The number of hydrogen-bond acceptors (Lipinski definition) is 0. The molecule has 0 fully saturated rings. The van der Waals surface area contributed by atoms with E-state index in [2.05, 4.69) is 84.9 Å². The molecule has 0 saturated carbocycles. The van der Waals surface area contributed by atoms with Gasteiger partial charge in [-0.1, -0.05) is 12.1 Å². The molecule has 4 heteroatoms. The molecule has 22 heavy (non-hydrogen) atoms. The summed E-state index contributed by atoms with van der Waals surface area (Å²) in [6.07, 6.45) is 0. The average Bonchev–Trinajstić information content (AvgIpc) is 3.17. The van der Waals surface area contributed by atoms with Crippen LogP contribution in [0.15, 0.2) is 84.9 Å². The van der Waals surface area contributed by atoms with Crippen molar-refractivity contribution < 1.29 is 17.0 Å². The van der Waals surface area contributed by atoms with Gasteiger partial charge >= 0.3 is 35.6 Å². The molecular formula is C18H14Cl2SiTi-2. The van der Waals surface area contributed by atoms with Crippen molar-refractivity contribution in [1.82, 2.24) is 0 Å². The Morgan fingerprint density at radius 2 is 1.00 bits per heavy atom. The van der Waals surface area contributed by atoms with Crippen molar-refractivity contribution in [3.05, 3.63) is 84.9 Å². The van der Waals surface area contributed by atoms with Crippen molar-refractivity contribution in [1.29, 1.82) is 0 Å². The first kappa shape index (κ1) is 19.2. The molecule has 0 nitrogen and oxygen atoms in total. The van der Waals surface area contributed by atoms with E-state index in [4.69, 9.17) is 18.6 Å². The van der Waals surface area contributed by atoms with Crippen LogP contribution in [0, 0.1) is 0 Å². The maximum atomic E-state index is 4.89. The Labute approximate surface area is 152 Å². The van der Waals surface area contributed by atoms with Gasteiger partial charge in [-0.15, -0.1) is 59.3 Å². The zero-order chi connectivity index (χ0) is 14.9. The predicted molar refractivity (Wildman–Crippen MR) is 96.5 cm³/mol. The molecule has 4 rings (SSSR count). The molecule has 0 heterocycles. The fraction of sp³-hybridized carbons (Fsp3) is 0. The van der Waals surface area contributed by atoms with Gasteiger partial charge in [0.15, 0.2) is 0 Å². The molecular weight excluding hydrogens is 363 g/mol. The molecule has 4 radical (unpaired) electrons. The molecule has 0 aliphatic carbocycles.